The molecule has 2 bridgehead atoms. The number of rotatable bonds is 4. The van der Waals surface area contributed by atoms with E-state index < -0.39 is 17.1 Å². The van der Waals surface area contributed by atoms with E-state index >= 15 is 0 Å². The van der Waals surface area contributed by atoms with E-state index in [1.54, 1.807) is 37.3 Å². The lowest BCUT2D eigenvalue weighted by molar-refractivity contribution is -0.141. The second kappa shape index (κ2) is 8.04. The summed E-state index contributed by atoms with van der Waals surface area (Å²) in [6, 6.07) is 9.84. The van der Waals surface area contributed by atoms with Crippen molar-refractivity contribution < 1.29 is 18.0 Å². The Bertz CT molecular complexity index is 1010. The minimum absolute atomic E-state index is 0.0340. The molecule has 1 aliphatic carbocycles. The summed E-state index contributed by atoms with van der Waals surface area (Å²) in [6.07, 6.45) is -1.60. The first-order valence-corrected chi connectivity index (χ1v) is 11.7. The number of benzene rings is 1. The van der Waals surface area contributed by atoms with Crippen LogP contribution in [0.25, 0.3) is 11.3 Å². The SMILES string of the molecule is C[C@@H](Sc1nc(-c2ccccc2)cc(C(F)(F)F)n1)C(=O)N1C[C@@]2(C)C[C@@H]1CC(C)(C)C2. The molecule has 8 heteroatoms. The Morgan fingerprint density at radius 3 is 2.50 bits per heavy atom. The van der Waals surface area contributed by atoms with Gasteiger partial charge in [0.2, 0.25) is 5.91 Å². The van der Waals surface area contributed by atoms with E-state index in [2.05, 4.69) is 30.7 Å². The van der Waals surface area contributed by atoms with Crippen molar-refractivity contribution >= 4 is 17.7 Å². The van der Waals surface area contributed by atoms with Gasteiger partial charge in [-0.25, -0.2) is 9.97 Å². The number of thioether (sulfide) groups is 1. The molecule has 4 nitrogen and oxygen atoms in total. The van der Waals surface area contributed by atoms with Gasteiger partial charge in [0.1, 0.15) is 5.69 Å². The summed E-state index contributed by atoms with van der Waals surface area (Å²) in [5, 5.41) is -0.610. The van der Waals surface area contributed by atoms with Crippen molar-refractivity contribution in [1.82, 2.24) is 14.9 Å². The molecule has 3 atom stereocenters. The average Bonchev–Trinajstić information content (AvgIpc) is 2.95. The van der Waals surface area contributed by atoms with Gasteiger partial charge >= 0.3 is 6.18 Å². The van der Waals surface area contributed by atoms with Gasteiger partial charge in [-0.3, -0.25) is 4.79 Å². The Kier molecular flexibility index (Phi) is 5.80. The molecule has 1 amide bonds. The highest BCUT2D eigenvalue weighted by molar-refractivity contribution is 8.00. The van der Waals surface area contributed by atoms with E-state index in [1.165, 1.54) is 0 Å². The summed E-state index contributed by atoms with van der Waals surface area (Å²) in [4.78, 5) is 23.3. The molecule has 1 saturated carbocycles. The number of nitrogens with zero attached hydrogens (tertiary/aromatic N) is 3. The minimum Gasteiger partial charge on any atom is -0.338 e. The maximum atomic E-state index is 13.5. The smallest absolute Gasteiger partial charge is 0.338 e. The van der Waals surface area contributed by atoms with Crippen LogP contribution in [-0.4, -0.2) is 38.6 Å². The maximum absolute atomic E-state index is 13.5. The topological polar surface area (TPSA) is 46.1 Å². The van der Waals surface area contributed by atoms with Crippen LogP contribution in [0.15, 0.2) is 41.6 Å². The molecule has 2 aromatic rings. The van der Waals surface area contributed by atoms with Crippen LogP contribution in [0, 0.1) is 10.8 Å². The van der Waals surface area contributed by atoms with Gasteiger partial charge in [-0.2, -0.15) is 13.2 Å². The van der Waals surface area contributed by atoms with Gasteiger partial charge in [-0.1, -0.05) is 62.9 Å². The Morgan fingerprint density at radius 1 is 1.16 bits per heavy atom. The van der Waals surface area contributed by atoms with Crippen LogP contribution in [0.1, 0.15) is 52.7 Å². The van der Waals surface area contributed by atoms with E-state index in [0.29, 0.717) is 12.1 Å². The van der Waals surface area contributed by atoms with E-state index in [-0.39, 0.29) is 33.6 Å². The number of hydrogen-bond acceptors (Lipinski definition) is 4. The second-order valence-corrected chi connectivity index (χ2v) is 11.5. The van der Waals surface area contributed by atoms with Crippen molar-refractivity contribution in [1.29, 1.82) is 0 Å². The number of alkyl halides is 3. The number of halogens is 3. The molecule has 4 rings (SSSR count). The van der Waals surface area contributed by atoms with Crippen LogP contribution in [0.5, 0.6) is 0 Å². The summed E-state index contributed by atoms with van der Waals surface area (Å²) >= 11 is 0.997. The number of carbonyl (C=O) groups is 1. The number of aromatic nitrogens is 2. The second-order valence-electron chi connectivity index (χ2n) is 10.2. The molecule has 0 spiro atoms. The highest BCUT2D eigenvalue weighted by atomic mass is 32.2. The number of fused-ring (bicyclic) bond motifs is 2. The Labute approximate surface area is 191 Å². The van der Waals surface area contributed by atoms with Crippen molar-refractivity contribution in [2.24, 2.45) is 10.8 Å². The lowest BCUT2D eigenvalue weighted by atomic mass is 9.65. The molecule has 1 aliphatic heterocycles. The van der Waals surface area contributed by atoms with Crippen LogP contribution < -0.4 is 0 Å². The summed E-state index contributed by atoms with van der Waals surface area (Å²) < 4.78 is 40.5. The molecular formula is C24H28F3N3OS. The third-order valence-corrected chi connectivity index (χ3v) is 7.34. The normalized spacial score (nSPS) is 25.6. The summed E-state index contributed by atoms with van der Waals surface area (Å²) in [5.41, 5.74) is 0.0446. The quantitative estimate of drug-likeness (QED) is 0.408. The van der Waals surface area contributed by atoms with E-state index in [4.69, 9.17) is 0 Å². The third kappa shape index (κ3) is 4.80. The molecule has 2 fully saturated rings. The summed E-state index contributed by atoms with van der Waals surface area (Å²) in [5.74, 6) is -0.0521. The zero-order valence-electron chi connectivity index (χ0n) is 18.7. The Balaban J connectivity index is 1.58. The zero-order chi connectivity index (χ0) is 23.3. The van der Waals surface area contributed by atoms with Crippen LogP contribution in [0.3, 0.4) is 0 Å². The monoisotopic (exact) mass is 463 g/mol. The molecule has 0 N–H and O–H groups in total. The maximum Gasteiger partial charge on any atom is 0.433 e. The van der Waals surface area contributed by atoms with Gasteiger partial charge in [0.25, 0.3) is 0 Å². The predicted octanol–water partition coefficient (Wildman–Crippen LogP) is 6.07. The molecule has 2 heterocycles. The van der Waals surface area contributed by atoms with Crippen LogP contribution in [-0.2, 0) is 11.0 Å². The molecule has 172 valence electrons. The summed E-state index contributed by atoms with van der Waals surface area (Å²) in [6.45, 7) is 9.14. The highest BCUT2D eigenvalue weighted by Crippen LogP contribution is 2.52. The van der Waals surface area contributed by atoms with Crippen molar-refractivity contribution in [2.45, 2.75) is 69.6 Å². The molecule has 1 aromatic carbocycles. The lowest BCUT2D eigenvalue weighted by Crippen LogP contribution is -2.41. The number of likely N-dealkylation sites (tertiary alicyclic amines) is 1. The van der Waals surface area contributed by atoms with Gasteiger partial charge in [0.15, 0.2) is 5.16 Å². The fourth-order valence-corrected chi connectivity index (χ4v) is 6.39. The van der Waals surface area contributed by atoms with E-state index in [0.717, 1.165) is 37.1 Å². The highest BCUT2D eigenvalue weighted by Gasteiger charge is 2.51. The average molecular weight is 464 g/mol. The Hall–Kier alpha value is -2.09. The Morgan fingerprint density at radius 2 is 1.84 bits per heavy atom. The van der Waals surface area contributed by atoms with Gasteiger partial charge in [0, 0.05) is 18.2 Å². The fourth-order valence-electron chi connectivity index (χ4n) is 5.54. The van der Waals surface area contributed by atoms with Crippen molar-refractivity contribution in [2.75, 3.05) is 6.54 Å². The molecule has 1 saturated heterocycles. The molecule has 2 aliphatic rings. The first-order chi connectivity index (χ1) is 14.9. The van der Waals surface area contributed by atoms with Gasteiger partial charge in [-0.15, -0.1) is 0 Å². The molecule has 32 heavy (non-hydrogen) atoms. The standard InChI is InChI=1S/C24H28F3N3OS/c1-15(20(31)30-14-23(4)12-17(30)11-22(2,3)13-23)32-21-28-18(16-8-6-5-7-9-16)10-19(29-21)24(25,26)27/h5-10,15,17H,11-14H2,1-4H3/t15-,17+,23+/m1/s1. The van der Waals surface area contributed by atoms with Crippen molar-refractivity contribution in [3.63, 3.8) is 0 Å². The predicted molar refractivity (Wildman–Crippen MR) is 119 cm³/mol. The number of hydrogen-bond donors (Lipinski definition) is 0. The van der Waals surface area contributed by atoms with Gasteiger partial charge in [0.05, 0.1) is 10.9 Å². The fraction of sp³-hybridized carbons (Fsp3) is 0.542. The lowest BCUT2D eigenvalue weighted by Gasteiger charge is -2.39. The van der Waals surface area contributed by atoms with Crippen LogP contribution in [0.4, 0.5) is 13.2 Å². The van der Waals surface area contributed by atoms with Crippen molar-refractivity contribution in [3.8, 4) is 11.3 Å². The third-order valence-electron chi connectivity index (χ3n) is 6.39. The van der Waals surface area contributed by atoms with Crippen LogP contribution in [0.2, 0.25) is 0 Å². The van der Waals surface area contributed by atoms with Gasteiger partial charge in [-0.05, 0) is 43.1 Å². The molecule has 0 unspecified atom stereocenters. The van der Waals surface area contributed by atoms with Gasteiger partial charge < -0.3 is 4.90 Å². The first kappa shape index (κ1) is 23.1. The molecular weight excluding hydrogens is 435 g/mol. The summed E-state index contributed by atoms with van der Waals surface area (Å²) in [7, 11) is 0. The van der Waals surface area contributed by atoms with E-state index in [1.807, 2.05) is 4.90 Å². The minimum atomic E-state index is -4.60. The largest absolute Gasteiger partial charge is 0.433 e. The van der Waals surface area contributed by atoms with Crippen molar-refractivity contribution in [3.05, 3.63) is 42.1 Å². The zero-order valence-corrected chi connectivity index (χ0v) is 19.6. The molecule has 0 radical (unpaired) electrons. The number of carbonyl (C=O) groups excluding carboxylic acids is 1. The first-order valence-electron chi connectivity index (χ1n) is 10.8. The van der Waals surface area contributed by atoms with Crippen LogP contribution >= 0.6 is 11.8 Å². The number of amides is 1. The van der Waals surface area contributed by atoms with E-state index in [9.17, 15) is 18.0 Å². The molecule has 1 aromatic heterocycles.